The minimum absolute atomic E-state index is 0.236. The molecule has 3 aromatic rings. The van der Waals surface area contributed by atoms with Gasteiger partial charge in [0, 0.05) is 23.2 Å². The Morgan fingerprint density at radius 3 is 2.72 bits per heavy atom. The van der Waals surface area contributed by atoms with Gasteiger partial charge in [0.05, 0.1) is 12.9 Å². The van der Waals surface area contributed by atoms with Crippen LogP contribution in [0.3, 0.4) is 0 Å². The number of benzene rings is 1. The first-order valence-corrected chi connectivity index (χ1v) is 8.42. The van der Waals surface area contributed by atoms with Gasteiger partial charge in [0.2, 0.25) is 0 Å². The molecule has 25 heavy (non-hydrogen) atoms. The number of rotatable bonds is 5. The number of nitrogens with zero attached hydrogens (tertiary/aromatic N) is 4. The summed E-state index contributed by atoms with van der Waals surface area (Å²) in [6.07, 6.45) is 1.66. The molecule has 1 amide bonds. The molecule has 8 heteroatoms. The summed E-state index contributed by atoms with van der Waals surface area (Å²) >= 11 is 3.41. The molecule has 0 saturated heterocycles. The number of carbonyl (C=O) groups is 1. The number of amides is 1. The first kappa shape index (κ1) is 17.4. The Kier molecular flexibility index (Phi) is 5.00. The normalized spacial score (nSPS) is 11.1. The minimum atomic E-state index is -0.337. The second-order valence-electron chi connectivity index (χ2n) is 5.93. The summed E-state index contributed by atoms with van der Waals surface area (Å²) in [4.78, 5) is 18.8. The summed E-state index contributed by atoms with van der Waals surface area (Å²) < 4.78 is 7.93. The molecule has 0 aliphatic carbocycles. The van der Waals surface area contributed by atoms with E-state index in [0.717, 1.165) is 10.0 Å². The molecule has 3 rings (SSSR count). The Morgan fingerprint density at radius 2 is 2.04 bits per heavy atom. The van der Waals surface area contributed by atoms with Crippen molar-refractivity contribution in [3.05, 3.63) is 52.6 Å². The highest BCUT2D eigenvalue weighted by Gasteiger charge is 2.18. The molecular formula is C17H18BrN5O2. The van der Waals surface area contributed by atoms with E-state index in [2.05, 4.69) is 31.4 Å². The van der Waals surface area contributed by atoms with E-state index in [1.165, 1.54) is 0 Å². The average Bonchev–Trinajstić information content (AvgIpc) is 3.16. The van der Waals surface area contributed by atoms with Gasteiger partial charge in [0.25, 0.3) is 5.91 Å². The zero-order chi connectivity index (χ0) is 18.0. The van der Waals surface area contributed by atoms with Crippen LogP contribution in [0.5, 0.6) is 0 Å². The van der Waals surface area contributed by atoms with Gasteiger partial charge < -0.3 is 19.3 Å². The topological polar surface area (TPSA) is 76.2 Å². The highest BCUT2D eigenvalue weighted by molar-refractivity contribution is 9.10. The number of imidazole rings is 1. The second kappa shape index (κ2) is 7.20. The van der Waals surface area contributed by atoms with Gasteiger partial charge in [0.1, 0.15) is 11.5 Å². The van der Waals surface area contributed by atoms with E-state index in [-0.39, 0.29) is 11.6 Å². The number of hydrogen-bond acceptors (Lipinski definition) is 5. The van der Waals surface area contributed by atoms with Crippen molar-refractivity contribution < 1.29 is 9.32 Å². The number of anilines is 1. The van der Waals surface area contributed by atoms with Gasteiger partial charge >= 0.3 is 0 Å². The lowest BCUT2D eigenvalue weighted by molar-refractivity contribution is 0.101. The predicted molar refractivity (Wildman–Crippen MR) is 98.2 cm³/mol. The third-order valence-corrected chi connectivity index (χ3v) is 4.08. The van der Waals surface area contributed by atoms with Crippen LogP contribution in [0.2, 0.25) is 0 Å². The summed E-state index contributed by atoms with van der Waals surface area (Å²) in [7, 11) is 5.66. The minimum Gasteiger partial charge on any atom is -0.359 e. The highest BCUT2D eigenvalue weighted by Crippen LogP contribution is 2.27. The molecule has 0 atom stereocenters. The second-order valence-corrected chi connectivity index (χ2v) is 6.85. The molecule has 0 radical (unpaired) electrons. The van der Waals surface area contributed by atoms with Crippen molar-refractivity contribution in [1.29, 1.82) is 0 Å². The van der Waals surface area contributed by atoms with Crippen LogP contribution in [0.25, 0.3) is 11.3 Å². The van der Waals surface area contributed by atoms with E-state index < -0.39 is 0 Å². The van der Waals surface area contributed by atoms with Crippen molar-refractivity contribution in [3.63, 3.8) is 0 Å². The van der Waals surface area contributed by atoms with Crippen LogP contribution in [0.15, 0.2) is 45.7 Å². The lowest BCUT2D eigenvalue weighted by atomic mass is 10.1. The van der Waals surface area contributed by atoms with E-state index in [0.29, 0.717) is 23.8 Å². The van der Waals surface area contributed by atoms with Crippen LogP contribution in [0.1, 0.15) is 16.2 Å². The van der Waals surface area contributed by atoms with Crippen molar-refractivity contribution in [3.8, 4) is 11.3 Å². The Bertz CT molecular complexity index is 883. The largest absolute Gasteiger partial charge is 0.359 e. The predicted octanol–water partition coefficient (Wildman–Crippen LogP) is 3.15. The fraction of sp³-hybridized carbons (Fsp3) is 0.235. The molecule has 0 aliphatic heterocycles. The smallest absolute Gasteiger partial charge is 0.279 e. The molecule has 0 saturated carbocycles. The maximum Gasteiger partial charge on any atom is 0.279 e. The van der Waals surface area contributed by atoms with Crippen molar-refractivity contribution in [2.45, 2.75) is 6.54 Å². The Balaban J connectivity index is 1.83. The quantitative estimate of drug-likeness (QED) is 0.707. The van der Waals surface area contributed by atoms with E-state index in [4.69, 9.17) is 4.52 Å². The molecule has 0 fully saturated rings. The average molecular weight is 404 g/mol. The van der Waals surface area contributed by atoms with Crippen molar-refractivity contribution >= 4 is 27.7 Å². The van der Waals surface area contributed by atoms with Crippen molar-refractivity contribution in [2.75, 3.05) is 19.4 Å². The summed E-state index contributed by atoms with van der Waals surface area (Å²) in [5, 5.41) is 6.71. The zero-order valence-corrected chi connectivity index (χ0v) is 15.7. The van der Waals surface area contributed by atoms with Gasteiger partial charge in [-0.1, -0.05) is 33.2 Å². The van der Waals surface area contributed by atoms with Crippen molar-refractivity contribution in [1.82, 2.24) is 19.6 Å². The first-order valence-electron chi connectivity index (χ1n) is 7.63. The number of carbonyl (C=O) groups excluding carboxylic acids is 1. The highest BCUT2D eigenvalue weighted by atomic mass is 79.9. The van der Waals surface area contributed by atoms with Gasteiger partial charge in [-0.15, -0.1) is 0 Å². The van der Waals surface area contributed by atoms with Crippen molar-refractivity contribution in [2.24, 2.45) is 7.05 Å². The Morgan fingerprint density at radius 1 is 1.32 bits per heavy atom. The Labute approximate surface area is 153 Å². The standard InChI is InChI=1S/C17H18BrN5O2/c1-22(2)9-13-8-14(21-25-13)17(24)20-16-15(19-10-23(16)3)11-4-6-12(18)7-5-11/h4-8,10H,9H2,1-3H3,(H,20,24). The SMILES string of the molecule is CN(C)Cc1cc(C(=O)Nc2c(-c3ccc(Br)cc3)ncn2C)no1. The summed E-state index contributed by atoms with van der Waals surface area (Å²) in [6, 6.07) is 9.38. The molecule has 1 aromatic carbocycles. The molecule has 7 nitrogen and oxygen atoms in total. The summed E-state index contributed by atoms with van der Waals surface area (Å²) in [6.45, 7) is 0.579. The van der Waals surface area contributed by atoms with E-state index in [1.807, 2.05) is 50.3 Å². The maximum absolute atomic E-state index is 12.5. The number of aryl methyl sites for hydroxylation is 1. The summed E-state index contributed by atoms with van der Waals surface area (Å²) in [5.74, 6) is 0.897. The molecule has 1 N–H and O–H groups in total. The lowest BCUT2D eigenvalue weighted by Crippen LogP contribution is -2.15. The maximum atomic E-state index is 12.5. The van der Waals surface area contributed by atoms with E-state index in [9.17, 15) is 4.79 Å². The van der Waals surface area contributed by atoms with Gasteiger partial charge in [-0.05, 0) is 26.2 Å². The zero-order valence-electron chi connectivity index (χ0n) is 14.2. The van der Waals surface area contributed by atoms with Gasteiger partial charge in [-0.3, -0.25) is 4.79 Å². The lowest BCUT2D eigenvalue weighted by Gasteiger charge is -2.07. The Hall–Kier alpha value is -2.45. The fourth-order valence-electron chi connectivity index (χ4n) is 2.37. The fourth-order valence-corrected chi connectivity index (χ4v) is 2.64. The molecule has 0 spiro atoms. The van der Waals surface area contributed by atoms with Crippen LogP contribution < -0.4 is 5.32 Å². The molecule has 0 aliphatic rings. The van der Waals surface area contributed by atoms with Crippen LogP contribution in [0.4, 0.5) is 5.82 Å². The summed E-state index contributed by atoms with van der Waals surface area (Å²) in [5.41, 5.74) is 1.84. The number of halogens is 1. The van der Waals surface area contributed by atoms with Gasteiger partial charge in [-0.25, -0.2) is 4.98 Å². The molecule has 2 heterocycles. The number of hydrogen-bond donors (Lipinski definition) is 1. The molecule has 0 bridgehead atoms. The third-order valence-electron chi connectivity index (χ3n) is 3.55. The van der Waals surface area contributed by atoms with Gasteiger partial charge in [0.15, 0.2) is 11.5 Å². The van der Waals surface area contributed by atoms with Gasteiger partial charge in [-0.2, -0.15) is 0 Å². The van der Waals surface area contributed by atoms with E-state index >= 15 is 0 Å². The molecule has 130 valence electrons. The molecule has 0 unspecified atom stereocenters. The molecule has 2 aromatic heterocycles. The van der Waals surface area contributed by atoms with Crippen LogP contribution in [-0.2, 0) is 13.6 Å². The number of nitrogens with one attached hydrogen (secondary N) is 1. The van der Waals surface area contributed by atoms with Crippen LogP contribution in [0, 0.1) is 0 Å². The first-order chi connectivity index (χ1) is 11.9. The van der Waals surface area contributed by atoms with Crippen LogP contribution in [-0.4, -0.2) is 39.6 Å². The van der Waals surface area contributed by atoms with Crippen LogP contribution >= 0.6 is 15.9 Å². The monoisotopic (exact) mass is 403 g/mol. The van der Waals surface area contributed by atoms with E-state index in [1.54, 1.807) is 17.0 Å². The number of aromatic nitrogens is 3. The third kappa shape index (κ3) is 3.97. The molecular weight excluding hydrogens is 386 g/mol.